The highest BCUT2D eigenvalue weighted by atomic mass is 32.1. The molecule has 0 radical (unpaired) electrons. The molecule has 10 nitrogen and oxygen atoms in total. The van der Waals surface area contributed by atoms with Gasteiger partial charge in [-0.2, -0.15) is 5.10 Å². The summed E-state index contributed by atoms with van der Waals surface area (Å²) in [6.07, 6.45) is 2.27. The van der Waals surface area contributed by atoms with Gasteiger partial charge in [-0.05, 0) is 70.8 Å². The lowest BCUT2D eigenvalue weighted by atomic mass is 9.94. The molecule has 1 N–H and O–H groups in total. The van der Waals surface area contributed by atoms with Crippen LogP contribution in [0.15, 0.2) is 41.9 Å². The van der Waals surface area contributed by atoms with Crippen LogP contribution in [0.4, 0.5) is 13.6 Å². The number of ether oxygens (including phenoxy) is 2. The van der Waals surface area contributed by atoms with Crippen LogP contribution < -0.4 is 4.74 Å². The summed E-state index contributed by atoms with van der Waals surface area (Å²) < 4.78 is 44.7. The van der Waals surface area contributed by atoms with Crippen molar-refractivity contribution in [3.05, 3.63) is 70.5 Å². The lowest BCUT2D eigenvalue weighted by molar-refractivity contribution is 0.0120. The van der Waals surface area contributed by atoms with E-state index in [0.29, 0.717) is 40.4 Å². The first-order valence-corrected chi connectivity index (χ1v) is 17.6. The second-order valence-corrected chi connectivity index (χ2v) is 14.8. The molecule has 6 heterocycles. The van der Waals surface area contributed by atoms with Crippen molar-refractivity contribution in [1.82, 2.24) is 29.5 Å². The smallest absolute Gasteiger partial charge is 0.410 e. The Morgan fingerprint density at radius 3 is 2.62 bits per heavy atom. The zero-order valence-electron chi connectivity index (χ0n) is 29.0. The number of hydrogen-bond donors (Lipinski definition) is 1. The SMILES string of the molecule is C[C@@H]1c2cc(-c3nc(-c4cc5n(n4)CCN(C(=O)OC(C)(C)C)[C@@H]5C)c(-c4c(F)cc(F)cc4OCCO)c4sccc34)cnc2CCN1C. The number of carbonyl (C=O) groups excluding carboxylic acids is 1. The third-order valence-electron chi connectivity index (χ3n) is 9.45. The number of rotatable bonds is 6. The monoisotopic (exact) mass is 702 g/mol. The van der Waals surface area contributed by atoms with Crippen molar-refractivity contribution in [2.24, 2.45) is 0 Å². The summed E-state index contributed by atoms with van der Waals surface area (Å²) in [5.41, 5.74) is 5.02. The molecule has 0 saturated heterocycles. The molecule has 2 aliphatic rings. The minimum absolute atomic E-state index is 0.0227. The fraction of sp³-hybridized carbons (Fsp3) is 0.405. The minimum atomic E-state index is -0.829. The molecule has 0 aliphatic carbocycles. The molecule has 0 fully saturated rings. The Hall–Kier alpha value is -4.46. The molecule has 2 atom stereocenters. The van der Waals surface area contributed by atoms with E-state index in [9.17, 15) is 14.3 Å². The van der Waals surface area contributed by atoms with E-state index in [-0.39, 0.29) is 36.6 Å². The molecule has 4 aromatic heterocycles. The zero-order valence-corrected chi connectivity index (χ0v) is 29.8. The van der Waals surface area contributed by atoms with Gasteiger partial charge >= 0.3 is 6.09 Å². The van der Waals surface area contributed by atoms with Crippen LogP contribution in [-0.2, 0) is 17.7 Å². The first-order chi connectivity index (χ1) is 23.8. The first-order valence-electron chi connectivity index (χ1n) is 16.8. The Kier molecular flexibility index (Phi) is 8.85. The molecule has 0 saturated carbocycles. The number of aliphatic hydroxyl groups excluding tert-OH is 1. The van der Waals surface area contributed by atoms with Crippen molar-refractivity contribution >= 4 is 27.5 Å². The van der Waals surface area contributed by atoms with E-state index in [2.05, 4.69) is 24.9 Å². The van der Waals surface area contributed by atoms with Gasteiger partial charge < -0.3 is 14.6 Å². The van der Waals surface area contributed by atoms with Gasteiger partial charge in [0.15, 0.2) is 0 Å². The van der Waals surface area contributed by atoms with Gasteiger partial charge in [-0.15, -0.1) is 11.3 Å². The number of nitrogens with zero attached hydrogens (tertiary/aromatic N) is 6. The maximum atomic E-state index is 16.1. The Morgan fingerprint density at radius 2 is 1.86 bits per heavy atom. The number of pyridine rings is 2. The van der Waals surface area contributed by atoms with Gasteiger partial charge in [-0.25, -0.2) is 18.6 Å². The van der Waals surface area contributed by atoms with Crippen molar-refractivity contribution in [2.75, 3.05) is 33.4 Å². The molecule has 2 aliphatic heterocycles. The van der Waals surface area contributed by atoms with Gasteiger partial charge in [0.1, 0.15) is 41.0 Å². The molecular weight excluding hydrogens is 663 g/mol. The van der Waals surface area contributed by atoms with Crippen molar-refractivity contribution in [1.29, 1.82) is 0 Å². The van der Waals surface area contributed by atoms with E-state index in [1.807, 2.05) is 56.1 Å². The summed E-state index contributed by atoms with van der Waals surface area (Å²) in [6.45, 7) is 10.8. The van der Waals surface area contributed by atoms with Crippen molar-refractivity contribution < 1.29 is 28.2 Å². The van der Waals surface area contributed by atoms with E-state index in [4.69, 9.17) is 24.5 Å². The van der Waals surface area contributed by atoms with Crippen LogP contribution in [0.5, 0.6) is 5.75 Å². The average Bonchev–Trinajstić information content (AvgIpc) is 3.73. The van der Waals surface area contributed by atoms with Crippen LogP contribution in [0.25, 0.3) is 43.9 Å². The molecule has 7 rings (SSSR count). The average molecular weight is 703 g/mol. The summed E-state index contributed by atoms with van der Waals surface area (Å²) in [5.74, 6) is -1.69. The number of carbonyl (C=O) groups is 1. The number of thiophene rings is 1. The molecule has 50 heavy (non-hydrogen) atoms. The van der Waals surface area contributed by atoms with Gasteiger partial charge in [0, 0.05) is 70.8 Å². The fourth-order valence-electron chi connectivity index (χ4n) is 6.84. The van der Waals surface area contributed by atoms with Crippen LogP contribution in [0.2, 0.25) is 0 Å². The van der Waals surface area contributed by atoms with Gasteiger partial charge in [0.25, 0.3) is 0 Å². The molecular formula is C37H40F2N6O4S. The Bertz CT molecular complexity index is 2110. The number of amides is 1. The Labute approximate surface area is 293 Å². The maximum absolute atomic E-state index is 16.1. The lowest BCUT2D eigenvalue weighted by Crippen LogP contribution is -2.43. The number of aliphatic hydroxyl groups is 1. The molecule has 0 unspecified atom stereocenters. The van der Waals surface area contributed by atoms with Crippen molar-refractivity contribution in [2.45, 2.75) is 65.3 Å². The molecule has 1 amide bonds. The second kappa shape index (κ2) is 13.0. The van der Waals surface area contributed by atoms with E-state index in [1.165, 1.54) is 11.3 Å². The molecule has 0 spiro atoms. The summed E-state index contributed by atoms with van der Waals surface area (Å²) >= 11 is 1.41. The highest BCUT2D eigenvalue weighted by Crippen LogP contribution is 2.48. The molecule has 5 aromatic rings. The number of aromatic nitrogens is 4. The van der Waals surface area contributed by atoms with Crippen LogP contribution in [0.1, 0.15) is 63.7 Å². The fourth-order valence-corrected chi connectivity index (χ4v) is 7.78. The Balaban J connectivity index is 1.45. The minimum Gasteiger partial charge on any atom is -0.490 e. The predicted molar refractivity (Wildman–Crippen MR) is 188 cm³/mol. The summed E-state index contributed by atoms with van der Waals surface area (Å²) in [7, 11) is 2.10. The number of halogens is 2. The molecule has 13 heteroatoms. The summed E-state index contributed by atoms with van der Waals surface area (Å²) in [6, 6.07) is 7.68. The second-order valence-electron chi connectivity index (χ2n) is 13.9. The van der Waals surface area contributed by atoms with Crippen molar-refractivity contribution in [3.8, 4) is 39.5 Å². The van der Waals surface area contributed by atoms with Crippen molar-refractivity contribution in [3.63, 3.8) is 0 Å². The van der Waals surface area contributed by atoms with Gasteiger partial charge in [0.05, 0.1) is 36.1 Å². The number of likely N-dealkylation sites (N-methyl/N-ethyl adjacent to an activating group) is 1. The molecule has 0 bridgehead atoms. The number of fused-ring (bicyclic) bond motifs is 3. The highest BCUT2D eigenvalue weighted by molar-refractivity contribution is 7.18. The Morgan fingerprint density at radius 1 is 1.06 bits per heavy atom. The third kappa shape index (κ3) is 6.11. The first kappa shape index (κ1) is 34.0. The maximum Gasteiger partial charge on any atom is 0.410 e. The van der Waals surface area contributed by atoms with Crippen LogP contribution in [0.3, 0.4) is 0 Å². The van der Waals surface area contributed by atoms with Gasteiger partial charge in [0.2, 0.25) is 0 Å². The summed E-state index contributed by atoms with van der Waals surface area (Å²) in [5, 5.41) is 17.2. The standard InChI is InChI=1S/C37H40F2N6O4S/c1-20-25-15-22(19-40-27(25)7-9-43(20)6)33-24-8-14-50-35(24)32(31-26(39)16-23(38)17-30(31)48-13-12-46)34(41-33)28-18-29-21(2)44(10-11-45(29)42-28)36(47)49-37(3,4)5/h8,14-21,46H,7,9-13H2,1-6H3/t20-,21-/m1/s1. The number of benzene rings is 1. The van der Waals surface area contributed by atoms with E-state index >= 15 is 4.39 Å². The van der Waals surface area contributed by atoms with E-state index in [0.717, 1.165) is 53.0 Å². The van der Waals surface area contributed by atoms with E-state index < -0.39 is 23.3 Å². The topological polar surface area (TPSA) is 106 Å². The van der Waals surface area contributed by atoms with Crippen LogP contribution in [0, 0.1) is 11.6 Å². The number of hydrogen-bond acceptors (Lipinski definition) is 9. The van der Waals surface area contributed by atoms with E-state index in [1.54, 1.807) is 4.90 Å². The molecule has 262 valence electrons. The predicted octanol–water partition coefficient (Wildman–Crippen LogP) is 7.40. The third-order valence-corrected chi connectivity index (χ3v) is 10.4. The largest absolute Gasteiger partial charge is 0.490 e. The van der Waals surface area contributed by atoms with Crippen LogP contribution >= 0.6 is 11.3 Å². The zero-order chi connectivity index (χ0) is 35.5. The highest BCUT2D eigenvalue weighted by Gasteiger charge is 2.34. The lowest BCUT2D eigenvalue weighted by Gasteiger charge is -2.35. The summed E-state index contributed by atoms with van der Waals surface area (Å²) in [4.78, 5) is 27.2. The quantitative estimate of drug-likeness (QED) is 0.195. The normalized spacial score (nSPS) is 17.9. The molecule has 1 aromatic carbocycles. The van der Waals surface area contributed by atoms with Gasteiger partial charge in [-0.1, -0.05) is 0 Å². The van der Waals surface area contributed by atoms with Crippen LogP contribution in [-0.4, -0.2) is 79.7 Å². The van der Waals surface area contributed by atoms with Gasteiger partial charge in [-0.3, -0.25) is 19.5 Å².